The number of likely N-dealkylation sites (tertiary alicyclic amines) is 1. The molecular formula is C11H19N3O2S. The monoisotopic (exact) mass is 257 g/mol. The molecule has 2 rings (SSSR count). The Hall–Kier alpha value is -0.750. The van der Waals surface area contributed by atoms with Gasteiger partial charge in [-0.15, -0.1) is 11.8 Å². The Bertz CT molecular complexity index is 305. The van der Waals surface area contributed by atoms with Gasteiger partial charge in [-0.3, -0.25) is 14.9 Å². The summed E-state index contributed by atoms with van der Waals surface area (Å²) in [6, 6.07) is -0.0524. The van der Waals surface area contributed by atoms with E-state index in [9.17, 15) is 9.59 Å². The second-order valence-corrected chi connectivity index (χ2v) is 5.54. The number of thioether (sulfide) groups is 1. The van der Waals surface area contributed by atoms with Crippen LogP contribution >= 0.6 is 11.8 Å². The van der Waals surface area contributed by atoms with Gasteiger partial charge in [-0.2, -0.15) is 0 Å². The molecule has 5 nitrogen and oxygen atoms in total. The molecule has 1 unspecified atom stereocenters. The van der Waals surface area contributed by atoms with E-state index in [-0.39, 0.29) is 23.8 Å². The normalized spacial score (nSPS) is 29.1. The molecule has 0 aliphatic carbocycles. The maximum Gasteiger partial charge on any atom is 0.240 e. The summed E-state index contributed by atoms with van der Waals surface area (Å²) in [5, 5.41) is 5.85. The van der Waals surface area contributed by atoms with Crippen molar-refractivity contribution < 1.29 is 9.59 Å². The van der Waals surface area contributed by atoms with Crippen LogP contribution in [0.4, 0.5) is 0 Å². The van der Waals surface area contributed by atoms with Gasteiger partial charge in [0.2, 0.25) is 11.8 Å². The molecular weight excluding hydrogens is 238 g/mol. The average Bonchev–Trinajstić information content (AvgIpc) is 2.91. The van der Waals surface area contributed by atoms with Crippen LogP contribution in [0.1, 0.15) is 12.8 Å². The third-order valence-corrected chi connectivity index (χ3v) is 4.30. The van der Waals surface area contributed by atoms with Crippen molar-refractivity contribution in [1.29, 1.82) is 0 Å². The number of hydrogen-bond acceptors (Lipinski definition) is 4. The van der Waals surface area contributed by atoms with E-state index in [2.05, 4.69) is 10.6 Å². The summed E-state index contributed by atoms with van der Waals surface area (Å²) in [5.41, 5.74) is 0. The molecule has 2 fully saturated rings. The van der Waals surface area contributed by atoms with Gasteiger partial charge in [-0.05, 0) is 12.8 Å². The topological polar surface area (TPSA) is 61.4 Å². The van der Waals surface area contributed by atoms with Crippen LogP contribution in [-0.4, -0.2) is 54.5 Å². The molecule has 0 spiro atoms. The van der Waals surface area contributed by atoms with E-state index in [1.807, 2.05) is 4.90 Å². The highest BCUT2D eigenvalue weighted by molar-refractivity contribution is 7.99. The van der Waals surface area contributed by atoms with Crippen molar-refractivity contribution >= 4 is 23.6 Å². The second kappa shape index (κ2) is 5.73. The Labute approximate surface area is 106 Å². The van der Waals surface area contributed by atoms with E-state index < -0.39 is 0 Å². The molecule has 96 valence electrons. The minimum atomic E-state index is -0.0524. The first-order valence-corrected chi connectivity index (χ1v) is 7.19. The summed E-state index contributed by atoms with van der Waals surface area (Å²) in [6.45, 7) is 1.36. The molecule has 6 heteroatoms. The Morgan fingerprint density at radius 3 is 2.94 bits per heavy atom. The largest absolute Gasteiger partial charge is 0.359 e. The fraction of sp³-hybridized carbons (Fsp3) is 0.818. The van der Waals surface area contributed by atoms with Gasteiger partial charge in [0, 0.05) is 31.8 Å². The smallest absolute Gasteiger partial charge is 0.240 e. The zero-order chi connectivity index (χ0) is 12.3. The molecule has 2 heterocycles. The highest BCUT2D eigenvalue weighted by atomic mass is 32.2. The fourth-order valence-corrected chi connectivity index (χ4v) is 3.30. The number of carbonyl (C=O) groups excluding carboxylic acids is 2. The summed E-state index contributed by atoms with van der Waals surface area (Å²) in [4.78, 5) is 25.6. The zero-order valence-corrected chi connectivity index (χ0v) is 10.9. The van der Waals surface area contributed by atoms with Gasteiger partial charge in [-0.1, -0.05) is 0 Å². The van der Waals surface area contributed by atoms with E-state index in [0.29, 0.717) is 6.54 Å². The lowest BCUT2D eigenvalue weighted by Crippen LogP contribution is -2.50. The summed E-state index contributed by atoms with van der Waals surface area (Å²) >= 11 is 1.75. The van der Waals surface area contributed by atoms with Crippen LogP contribution in [0.5, 0.6) is 0 Å². The van der Waals surface area contributed by atoms with Gasteiger partial charge in [0.05, 0.1) is 12.0 Å². The average molecular weight is 257 g/mol. The van der Waals surface area contributed by atoms with Gasteiger partial charge in [-0.25, -0.2) is 0 Å². The molecule has 2 N–H and O–H groups in total. The first kappa shape index (κ1) is 12.7. The maximum atomic E-state index is 12.2. The molecule has 2 atom stereocenters. The Morgan fingerprint density at radius 2 is 2.29 bits per heavy atom. The lowest BCUT2D eigenvalue weighted by atomic mass is 9.96. The molecule has 0 aromatic rings. The number of nitrogens with one attached hydrogen (secondary N) is 2. The standard InChI is InChI=1S/C11H19N3O2S/c1-12-10(15)8-3-2-4-14(5-8)11(16)9-6-17-7-13-9/h8-9,13H,2-7H2,1H3,(H,12,15)/t8?,9-/m1/s1. The molecule has 2 aliphatic rings. The van der Waals surface area contributed by atoms with E-state index in [4.69, 9.17) is 0 Å². The van der Waals surface area contributed by atoms with Gasteiger partial charge in [0.1, 0.15) is 0 Å². The van der Waals surface area contributed by atoms with Crippen molar-refractivity contribution in [2.45, 2.75) is 18.9 Å². The van der Waals surface area contributed by atoms with E-state index in [0.717, 1.165) is 31.0 Å². The number of nitrogens with zero attached hydrogens (tertiary/aromatic N) is 1. The van der Waals surface area contributed by atoms with Crippen LogP contribution in [0.15, 0.2) is 0 Å². The second-order valence-electron chi connectivity index (χ2n) is 4.51. The van der Waals surface area contributed by atoms with Crippen molar-refractivity contribution in [1.82, 2.24) is 15.5 Å². The molecule has 0 bridgehead atoms. The summed E-state index contributed by atoms with van der Waals surface area (Å²) in [5.74, 6) is 1.87. The summed E-state index contributed by atoms with van der Waals surface area (Å²) < 4.78 is 0. The first-order valence-electron chi connectivity index (χ1n) is 6.04. The minimum absolute atomic E-state index is 0.0354. The number of rotatable bonds is 2. The Kier molecular flexibility index (Phi) is 4.28. The number of piperidine rings is 1. The predicted molar refractivity (Wildman–Crippen MR) is 67.6 cm³/mol. The summed E-state index contributed by atoms with van der Waals surface area (Å²) in [7, 11) is 1.65. The van der Waals surface area contributed by atoms with Gasteiger partial charge < -0.3 is 10.2 Å². The van der Waals surface area contributed by atoms with Gasteiger partial charge in [0.25, 0.3) is 0 Å². The molecule has 0 radical (unpaired) electrons. The Morgan fingerprint density at radius 1 is 1.47 bits per heavy atom. The van der Waals surface area contributed by atoms with Gasteiger partial charge in [0.15, 0.2) is 0 Å². The fourth-order valence-electron chi connectivity index (χ4n) is 2.37. The van der Waals surface area contributed by atoms with Crippen LogP contribution in [0.25, 0.3) is 0 Å². The number of carbonyl (C=O) groups is 2. The zero-order valence-electron chi connectivity index (χ0n) is 10.1. The molecule has 2 aliphatic heterocycles. The molecule has 0 aromatic carbocycles. The van der Waals surface area contributed by atoms with E-state index in [1.54, 1.807) is 18.8 Å². The predicted octanol–water partition coefficient (Wildman–Crippen LogP) is -0.366. The third kappa shape index (κ3) is 2.93. The van der Waals surface area contributed by atoms with Crippen LogP contribution in [-0.2, 0) is 9.59 Å². The lowest BCUT2D eigenvalue weighted by molar-refractivity contribution is -0.136. The van der Waals surface area contributed by atoms with Crippen LogP contribution < -0.4 is 10.6 Å². The van der Waals surface area contributed by atoms with Crippen LogP contribution in [0, 0.1) is 5.92 Å². The summed E-state index contributed by atoms with van der Waals surface area (Å²) in [6.07, 6.45) is 1.81. The minimum Gasteiger partial charge on any atom is -0.359 e. The van der Waals surface area contributed by atoms with Crippen LogP contribution in [0.3, 0.4) is 0 Å². The lowest BCUT2D eigenvalue weighted by Gasteiger charge is -2.33. The van der Waals surface area contributed by atoms with Crippen molar-refractivity contribution in [2.24, 2.45) is 5.92 Å². The molecule has 0 saturated carbocycles. The van der Waals surface area contributed by atoms with Crippen molar-refractivity contribution in [3.8, 4) is 0 Å². The van der Waals surface area contributed by atoms with Gasteiger partial charge >= 0.3 is 0 Å². The van der Waals surface area contributed by atoms with Crippen LogP contribution in [0.2, 0.25) is 0 Å². The van der Waals surface area contributed by atoms with E-state index >= 15 is 0 Å². The number of amides is 2. The van der Waals surface area contributed by atoms with Crippen molar-refractivity contribution in [2.75, 3.05) is 31.8 Å². The van der Waals surface area contributed by atoms with Crippen molar-refractivity contribution in [3.05, 3.63) is 0 Å². The maximum absolute atomic E-state index is 12.2. The highest BCUT2D eigenvalue weighted by Gasteiger charge is 2.32. The highest BCUT2D eigenvalue weighted by Crippen LogP contribution is 2.19. The SMILES string of the molecule is CNC(=O)C1CCCN(C(=O)[C@H]2CSCN2)C1. The molecule has 2 saturated heterocycles. The molecule has 2 amide bonds. The number of hydrogen-bond donors (Lipinski definition) is 2. The Balaban J connectivity index is 1.92. The quantitative estimate of drug-likeness (QED) is 0.709. The van der Waals surface area contributed by atoms with Crippen molar-refractivity contribution in [3.63, 3.8) is 0 Å². The first-order chi connectivity index (χ1) is 8.22. The molecule has 0 aromatic heterocycles. The molecule has 17 heavy (non-hydrogen) atoms. The van der Waals surface area contributed by atoms with E-state index in [1.165, 1.54) is 0 Å². The third-order valence-electron chi connectivity index (χ3n) is 3.36.